The summed E-state index contributed by atoms with van der Waals surface area (Å²) in [7, 11) is -2.23. The van der Waals surface area contributed by atoms with Gasteiger partial charge in [0.15, 0.2) is 0 Å². The molecule has 0 spiro atoms. The van der Waals surface area contributed by atoms with Crippen molar-refractivity contribution in [2.24, 2.45) is 0 Å². The van der Waals surface area contributed by atoms with Crippen LogP contribution in [0, 0.1) is 13.8 Å². The number of ether oxygens (including phenoxy) is 2. The first-order valence-corrected chi connectivity index (χ1v) is 9.82. The molecule has 7 nitrogen and oxygen atoms in total. The Hall–Kier alpha value is -1.80. The fourth-order valence-electron chi connectivity index (χ4n) is 2.79. The van der Waals surface area contributed by atoms with Crippen molar-refractivity contribution in [3.8, 4) is 5.75 Å². The maximum atomic E-state index is 13.1. The Bertz CT molecular complexity index is 733. The molecule has 0 aliphatic carbocycles. The molecule has 1 aliphatic heterocycles. The van der Waals surface area contributed by atoms with Gasteiger partial charge in [-0.25, -0.2) is 13.2 Å². The van der Waals surface area contributed by atoms with E-state index in [1.807, 2.05) is 13.8 Å². The highest BCUT2D eigenvalue weighted by Gasteiger charge is 2.31. The van der Waals surface area contributed by atoms with Crippen LogP contribution in [0.4, 0.5) is 4.79 Å². The lowest BCUT2D eigenvalue weighted by Gasteiger charge is -2.22. The van der Waals surface area contributed by atoms with Gasteiger partial charge in [-0.15, -0.1) is 0 Å². The normalized spacial score (nSPS) is 16.4. The molecule has 1 aliphatic rings. The minimum absolute atomic E-state index is 0.169. The summed E-state index contributed by atoms with van der Waals surface area (Å²) in [6, 6.07) is 3.39. The van der Waals surface area contributed by atoms with Gasteiger partial charge in [-0.05, 0) is 50.5 Å². The summed E-state index contributed by atoms with van der Waals surface area (Å²) in [4.78, 5) is 13.6. The number of carbonyl (C=O) groups is 1. The number of hydrogen-bond donors (Lipinski definition) is 0. The van der Waals surface area contributed by atoms with Crippen LogP contribution in [0.5, 0.6) is 5.75 Å². The van der Waals surface area contributed by atoms with Crippen molar-refractivity contribution < 1.29 is 22.7 Å². The van der Waals surface area contributed by atoms with Crippen molar-refractivity contribution in [3.05, 3.63) is 23.3 Å². The Morgan fingerprint density at radius 1 is 1.12 bits per heavy atom. The Kier molecular flexibility index (Phi) is 6.29. The van der Waals surface area contributed by atoms with E-state index in [1.54, 1.807) is 24.0 Å². The van der Waals surface area contributed by atoms with E-state index in [1.165, 1.54) is 11.4 Å². The van der Waals surface area contributed by atoms with Gasteiger partial charge in [-0.1, -0.05) is 0 Å². The molecule has 0 radical (unpaired) electrons. The fraction of sp³-hybridized carbons (Fsp3) is 0.588. The van der Waals surface area contributed by atoms with Gasteiger partial charge in [0.2, 0.25) is 10.0 Å². The van der Waals surface area contributed by atoms with Gasteiger partial charge in [0.1, 0.15) is 10.6 Å². The first-order chi connectivity index (χ1) is 11.8. The molecule has 0 atom stereocenters. The van der Waals surface area contributed by atoms with E-state index < -0.39 is 16.1 Å². The van der Waals surface area contributed by atoms with E-state index >= 15 is 0 Å². The minimum atomic E-state index is -3.70. The van der Waals surface area contributed by atoms with Crippen LogP contribution < -0.4 is 4.74 Å². The van der Waals surface area contributed by atoms with Crippen LogP contribution in [0.15, 0.2) is 17.0 Å². The third kappa shape index (κ3) is 4.24. The molecule has 1 amide bonds. The molecule has 0 aromatic heterocycles. The average molecular weight is 370 g/mol. The molecule has 1 aromatic rings. The van der Waals surface area contributed by atoms with Crippen molar-refractivity contribution in [3.63, 3.8) is 0 Å². The zero-order chi connectivity index (χ0) is 18.6. The number of aryl methyl sites for hydroxylation is 2. The minimum Gasteiger partial charge on any atom is -0.495 e. The number of sulfonamides is 1. The quantitative estimate of drug-likeness (QED) is 0.812. The number of hydrogen-bond acceptors (Lipinski definition) is 5. The van der Waals surface area contributed by atoms with Crippen molar-refractivity contribution in [2.45, 2.75) is 32.1 Å². The Morgan fingerprint density at radius 3 is 2.44 bits per heavy atom. The topological polar surface area (TPSA) is 76.2 Å². The van der Waals surface area contributed by atoms with E-state index in [0.717, 1.165) is 11.1 Å². The first-order valence-electron chi connectivity index (χ1n) is 8.38. The number of carbonyl (C=O) groups excluding carboxylic acids is 1. The highest BCUT2D eigenvalue weighted by atomic mass is 32.2. The summed E-state index contributed by atoms with van der Waals surface area (Å²) < 4.78 is 37.9. The lowest BCUT2D eigenvalue weighted by molar-refractivity contribution is 0.109. The fourth-order valence-corrected chi connectivity index (χ4v) is 4.49. The predicted octanol–water partition coefficient (Wildman–Crippen LogP) is 2.16. The standard InChI is InChI=1S/C17H26N2O5S/c1-5-24-17(20)18-7-6-8-19(10-9-18)25(21,22)16-12-14(3)13(2)11-15(16)23-4/h11-12H,5-10H2,1-4H3. The van der Waals surface area contributed by atoms with Gasteiger partial charge in [-0.3, -0.25) is 0 Å². The van der Waals surface area contributed by atoms with E-state index in [2.05, 4.69) is 0 Å². The van der Waals surface area contributed by atoms with Crippen LogP contribution in [-0.2, 0) is 14.8 Å². The summed E-state index contributed by atoms with van der Waals surface area (Å²) in [6.07, 6.45) is 0.163. The molecule has 0 unspecified atom stereocenters. The number of rotatable bonds is 4. The molecular weight excluding hydrogens is 344 g/mol. The van der Waals surface area contributed by atoms with Crippen LogP contribution in [-0.4, -0.2) is 63.6 Å². The molecule has 0 N–H and O–H groups in total. The highest BCUT2D eigenvalue weighted by Crippen LogP contribution is 2.30. The Morgan fingerprint density at radius 2 is 1.80 bits per heavy atom. The third-order valence-electron chi connectivity index (χ3n) is 4.38. The zero-order valence-electron chi connectivity index (χ0n) is 15.2. The van der Waals surface area contributed by atoms with Crippen LogP contribution >= 0.6 is 0 Å². The molecule has 1 saturated heterocycles. The van der Waals surface area contributed by atoms with E-state index in [0.29, 0.717) is 38.4 Å². The maximum absolute atomic E-state index is 13.1. The van der Waals surface area contributed by atoms with Gasteiger partial charge in [0, 0.05) is 26.2 Å². The number of benzene rings is 1. The number of amides is 1. The van der Waals surface area contributed by atoms with Crippen LogP contribution in [0.2, 0.25) is 0 Å². The zero-order valence-corrected chi connectivity index (χ0v) is 16.1. The van der Waals surface area contributed by atoms with E-state index in [9.17, 15) is 13.2 Å². The SMILES string of the molecule is CCOC(=O)N1CCCN(S(=O)(=O)c2cc(C)c(C)cc2OC)CC1. The summed E-state index contributed by atoms with van der Waals surface area (Å²) in [5.74, 6) is 0.342. The molecule has 8 heteroatoms. The van der Waals surface area contributed by atoms with Gasteiger partial charge in [0.25, 0.3) is 0 Å². The van der Waals surface area contributed by atoms with E-state index in [4.69, 9.17) is 9.47 Å². The van der Waals surface area contributed by atoms with Crippen LogP contribution in [0.3, 0.4) is 0 Å². The van der Waals surface area contributed by atoms with Crippen LogP contribution in [0.1, 0.15) is 24.5 Å². The smallest absolute Gasteiger partial charge is 0.409 e. The number of nitrogens with zero attached hydrogens (tertiary/aromatic N) is 2. The second-order valence-electron chi connectivity index (χ2n) is 6.03. The molecule has 0 saturated carbocycles. The van der Waals surface area contributed by atoms with Gasteiger partial charge < -0.3 is 14.4 Å². The van der Waals surface area contributed by atoms with Gasteiger partial charge in [0.05, 0.1) is 13.7 Å². The van der Waals surface area contributed by atoms with Crippen molar-refractivity contribution >= 4 is 16.1 Å². The lowest BCUT2D eigenvalue weighted by Crippen LogP contribution is -2.37. The molecule has 140 valence electrons. The van der Waals surface area contributed by atoms with Crippen molar-refractivity contribution in [1.82, 2.24) is 9.21 Å². The average Bonchev–Trinajstić information content (AvgIpc) is 2.83. The molecule has 1 heterocycles. The predicted molar refractivity (Wildman–Crippen MR) is 94.4 cm³/mol. The largest absolute Gasteiger partial charge is 0.495 e. The monoisotopic (exact) mass is 370 g/mol. The molecule has 1 fully saturated rings. The van der Waals surface area contributed by atoms with Gasteiger partial charge >= 0.3 is 6.09 Å². The van der Waals surface area contributed by atoms with Gasteiger partial charge in [-0.2, -0.15) is 4.31 Å². The third-order valence-corrected chi connectivity index (χ3v) is 6.30. The van der Waals surface area contributed by atoms with Crippen molar-refractivity contribution in [1.29, 1.82) is 0 Å². The van der Waals surface area contributed by atoms with Crippen molar-refractivity contribution in [2.75, 3.05) is 39.9 Å². The number of methoxy groups -OCH3 is 1. The highest BCUT2D eigenvalue weighted by molar-refractivity contribution is 7.89. The first kappa shape index (κ1) is 19.5. The second-order valence-corrected chi connectivity index (χ2v) is 7.94. The molecule has 25 heavy (non-hydrogen) atoms. The maximum Gasteiger partial charge on any atom is 0.409 e. The second kappa shape index (κ2) is 8.05. The summed E-state index contributed by atoms with van der Waals surface area (Å²) in [6.45, 7) is 7.22. The molecule has 1 aromatic carbocycles. The Balaban J connectivity index is 2.26. The Labute approximate surface area is 149 Å². The molecule has 0 bridgehead atoms. The van der Waals surface area contributed by atoms with Crippen LogP contribution in [0.25, 0.3) is 0 Å². The summed E-state index contributed by atoms with van der Waals surface area (Å²) in [5.41, 5.74) is 1.86. The summed E-state index contributed by atoms with van der Waals surface area (Å²) >= 11 is 0. The molecular formula is C17H26N2O5S. The molecule has 2 rings (SSSR count). The summed E-state index contributed by atoms with van der Waals surface area (Å²) in [5, 5.41) is 0. The van der Waals surface area contributed by atoms with E-state index in [-0.39, 0.29) is 11.4 Å². The lowest BCUT2D eigenvalue weighted by atomic mass is 10.1.